The number of hydrogen-bond acceptors (Lipinski definition) is 3. The Morgan fingerprint density at radius 1 is 1.14 bits per heavy atom. The van der Waals surface area contributed by atoms with Gasteiger partial charge in [-0.05, 0) is 18.9 Å². The molecule has 3 rings (SSSR count). The van der Waals surface area contributed by atoms with E-state index in [4.69, 9.17) is 0 Å². The lowest BCUT2D eigenvalue weighted by Crippen LogP contribution is -2.39. The molecule has 0 aromatic heterocycles. The Morgan fingerprint density at radius 2 is 1.90 bits per heavy atom. The van der Waals surface area contributed by atoms with Crippen molar-refractivity contribution in [1.82, 2.24) is 10.9 Å². The van der Waals surface area contributed by atoms with Crippen LogP contribution in [0.5, 0.6) is 0 Å². The Morgan fingerprint density at radius 3 is 2.62 bits per heavy atom. The zero-order chi connectivity index (χ0) is 15.1. The van der Waals surface area contributed by atoms with E-state index in [-0.39, 0.29) is 11.6 Å². The third-order valence-corrected chi connectivity index (χ3v) is 4.49. The van der Waals surface area contributed by atoms with E-state index in [0.717, 1.165) is 18.9 Å². The fourth-order valence-corrected chi connectivity index (χ4v) is 3.50. The van der Waals surface area contributed by atoms with Crippen LogP contribution in [0, 0.1) is 29.3 Å². The van der Waals surface area contributed by atoms with E-state index in [0.29, 0.717) is 6.42 Å². The quantitative estimate of drug-likeness (QED) is 0.732. The highest BCUT2D eigenvalue weighted by atomic mass is 19.2. The standard InChI is InChI=1S/C14H15F3N2O2/c15-8-5-4-7(11(16)12(8)17)13-10-6(14(20)21)2-1-3-9(10)18-19-13/h4-6,9-10,13,18-19H,1-3H2,(H,20,21). The molecule has 0 spiro atoms. The van der Waals surface area contributed by atoms with Gasteiger partial charge in [-0.25, -0.2) is 18.6 Å². The smallest absolute Gasteiger partial charge is 0.306 e. The lowest BCUT2D eigenvalue weighted by molar-refractivity contribution is -0.145. The number of carbonyl (C=O) groups is 1. The molecule has 2 aliphatic rings. The monoisotopic (exact) mass is 300 g/mol. The van der Waals surface area contributed by atoms with Crippen molar-refractivity contribution in [1.29, 1.82) is 0 Å². The first kappa shape index (κ1) is 14.3. The largest absolute Gasteiger partial charge is 0.481 e. The number of hydrazine groups is 1. The molecule has 1 saturated heterocycles. The number of halogens is 3. The van der Waals surface area contributed by atoms with Crippen LogP contribution in [0.3, 0.4) is 0 Å². The Bertz CT molecular complexity index is 582. The fourth-order valence-electron chi connectivity index (χ4n) is 3.50. The molecule has 1 aromatic carbocycles. The molecule has 1 aromatic rings. The fraction of sp³-hybridized carbons (Fsp3) is 0.500. The summed E-state index contributed by atoms with van der Waals surface area (Å²) >= 11 is 0. The van der Waals surface area contributed by atoms with Crippen LogP contribution < -0.4 is 10.9 Å². The minimum absolute atomic E-state index is 0.0398. The molecule has 1 saturated carbocycles. The van der Waals surface area contributed by atoms with Crippen LogP contribution in [0.15, 0.2) is 12.1 Å². The maximum Gasteiger partial charge on any atom is 0.306 e. The van der Waals surface area contributed by atoms with E-state index in [2.05, 4.69) is 10.9 Å². The third-order valence-electron chi connectivity index (χ3n) is 4.49. The second-order valence-corrected chi connectivity index (χ2v) is 5.59. The number of rotatable bonds is 2. The van der Waals surface area contributed by atoms with Gasteiger partial charge in [0.25, 0.3) is 0 Å². The van der Waals surface area contributed by atoms with E-state index < -0.39 is 41.3 Å². The highest BCUT2D eigenvalue weighted by Gasteiger charge is 2.47. The average Bonchev–Trinajstić information content (AvgIpc) is 2.88. The number of nitrogens with one attached hydrogen (secondary N) is 2. The van der Waals surface area contributed by atoms with Gasteiger partial charge in [-0.15, -0.1) is 0 Å². The molecule has 4 atom stereocenters. The highest BCUT2D eigenvalue weighted by molar-refractivity contribution is 5.71. The average molecular weight is 300 g/mol. The molecule has 0 amide bonds. The van der Waals surface area contributed by atoms with Crippen molar-refractivity contribution >= 4 is 5.97 Å². The lowest BCUT2D eigenvalue weighted by Gasteiger charge is -2.33. The maximum absolute atomic E-state index is 14.0. The van der Waals surface area contributed by atoms with Gasteiger partial charge in [-0.3, -0.25) is 10.2 Å². The summed E-state index contributed by atoms with van der Waals surface area (Å²) in [5.41, 5.74) is 5.76. The van der Waals surface area contributed by atoms with Crippen molar-refractivity contribution in [3.63, 3.8) is 0 Å². The summed E-state index contributed by atoms with van der Waals surface area (Å²) in [6.45, 7) is 0. The SMILES string of the molecule is O=C(O)C1CCCC2NNC(c3ccc(F)c(F)c3F)C21. The van der Waals surface area contributed by atoms with Gasteiger partial charge in [-0.1, -0.05) is 12.5 Å². The van der Waals surface area contributed by atoms with Gasteiger partial charge in [0.15, 0.2) is 17.5 Å². The molecule has 114 valence electrons. The van der Waals surface area contributed by atoms with Crippen molar-refractivity contribution in [3.8, 4) is 0 Å². The molecule has 1 aliphatic heterocycles. The Hall–Kier alpha value is -1.60. The van der Waals surface area contributed by atoms with Gasteiger partial charge in [-0.2, -0.15) is 0 Å². The normalized spacial score (nSPS) is 32.0. The van der Waals surface area contributed by atoms with Crippen molar-refractivity contribution < 1.29 is 23.1 Å². The zero-order valence-electron chi connectivity index (χ0n) is 11.1. The number of hydrogen-bond donors (Lipinski definition) is 3. The first-order valence-corrected chi connectivity index (χ1v) is 6.88. The Labute approximate surface area is 119 Å². The molecular formula is C14H15F3N2O2. The molecule has 4 nitrogen and oxygen atoms in total. The van der Waals surface area contributed by atoms with Gasteiger partial charge in [0.2, 0.25) is 0 Å². The number of benzene rings is 1. The summed E-state index contributed by atoms with van der Waals surface area (Å²) < 4.78 is 40.4. The molecule has 1 aliphatic carbocycles. The molecule has 4 unspecified atom stereocenters. The second kappa shape index (κ2) is 5.31. The summed E-state index contributed by atoms with van der Waals surface area (Å²) in [6.07, 6.45) is 2.03. The number of fused-ring (bicyclic) bond motifs is 1. The summed E-state index contributed by atoms with van der Waals surface area (Å²) in [5, 5.41) is 9.33. The Kier molecular flexibility index (Phi) is 3.62. The first-order chi connectivity index (χ1) is 10.0. The lowest BCUT2D eigenvalue weighted by atomic mass is 9.72. The van der Waals surface area contributed by atoms with E-state index in [9.17, 15) is 23.1 Å². The van der Waals surface area contributed by atoms with E-state index in [1.807, 2.05) is 0 Å². The predicted octanol–water partition coefficient (Wildman–Crippen LogP) is 2.12. The van der Waals surface area contributed by atoms with Gasteiger partial charge in [0.05, 0.1) is 12.0 Å². The van der Waals surface area contributed by atoms with Crippen LogP contribution in [0.4, 0.5) is 13.2 Å². The molecule has 1 heterocycles. The Balaban J connectivity index is 1.99. The summed E-state index contributed by atoms with van der Waals surface area (Å²) in [7, 11) is 0. The van der Waals surface area contributed by atoms with Crippen LogP contribution in [0.25, 0.3) is 0 Å². The predicted molar refractivity (Wildman–Crippen MR) is 67.6 cm³/mol. The molecule has 21 heavy (non-hydrogen) atoms. The van der Waals surface area contributed by atoms with Crippen molar-refractivity contribution in [2.75, 3.05) is 0 Å². The zero-order valence-corrected chi connectivity index (χ0v) is 11.1. The molecule has 7 heteroatoms. The van der Waals surface area contributed by atoms with Crippen LogP contribution in [-0.2, 0) is 4.79 Å². The molecule has 0 radical (unpaired) electrons. The molecular weight excluding hydrogens is 285 g/mol. The van der Waals surface area contributed by atoms with Gasteiger partial charge >= 0.3 is 5.97 Å². The van der Waals surface area contributed by atoms with E-state index in [1.165, 1.54) is 6.07 Å². The van der Waals surface area contributed by atoms with Gasteiger partial charge < -0.3 is 5.11 Å². The number of aliphatic carboxylic acids is 1. The van der Waals surface area contributed by atoms with Crippen molar-refractivity contribution in [2.45, 2.75) is 31.3 Å². The van der Waals surface area contributed by atoms with Crippen LogP contribution in [-0.4, -0.2) is 17.1 Å². The molecule has 2 fully saturated rings. The van der Waals surface area contributed by atoms with Crippen LogP contribution >= 0.6 is 0 Å². The minimum Gasteiger partial charge on any atom is -0.481 e. The third kappa shape index (κ3) is 2.30. The van der Waals surface area contributed by atoms with Gasteiger partial charge in [0, 0.05) is 17.5 Å². The van der Waals surface area contributed by atoms with Crippen molar-refractivity contribution in [2.24, 2.45) is 11.8 Å². The van der Waals surface area contributed by atoms with Crippen molar-refractivity contribution in [3.05, 3.63) is 35.1 Å². The maximum atomic E-state index is 14.0. The van der Waals surface area contributed by atoms with Crippen LogP contribution in [0.1, 0.15) is 30.9 Å². The van der Waals surface area contributed by atoms with E-state index >= 15 is 0 Å². The topological polar surface area (TPSA) is 61.4 Å². The molecule has 3 N–H and O–H groups in total. The van der Waals surface area contributed by atoms with Gasteiger partial charge in [0.1, 0.15) is 0 Å². The second-order valence-electron chi connectivity index (χ2n) is 5.59. The minimum atomic E-state index is -1.53. The number of carboxylic acids is 1. The summed E-state index contributed by atoms with van der Waals surface area (Å²) in [5.74, 6) is -6.01. The summed E-state index contributed by atoms with van der Waals surface area (Å²) in [4.78, 5) is 11.4. The molecule has 0 bridgehead atoms. The highest BCUT2D eigenvalue weighted by Crippen LogP contribution is 2.42. The van der Waals surface area contributed by atoms with Crippen LogP contribution in [0.2, 0.25) is 0 Å². The first-order valence-electron chi connectivity index (χ1n) is 6.88. The number of carboxylic acid groups (broad SMARTS) is 1. The summed E-state index contributed by atoms with van der Waals surface area (Å²) in [6, 6.07) is 1.23. The van der Waals surface area contributed by atoms with E-state index in [1.54, 1.807) is 0 Å².